The van der Waals surface area contributed by atoms with Gasteiger partial charge in [0.05, 0.1) is 0 Å². The molecule has 0 bridgehead atoms. The molecule has 0 saturated heterocycles. The zero-order valence-electron chi connectivity index (χ0n) is 8.31. The molecule has 0 amide bonds. The number of furan rings is 1. The van der Waals surface area contributed by atoms with Gasteiger partial charge >= 0.3 is 12.3 Å². The van der Waals surface area contributed by atoms with Gasteiger partial charge in [0.1, 0.15) is 11.8 Å². The number of alkyl halides is 4. The molecule has 1 heterocycles. The van der Waals surface area contributed by atoms with Crippen molar-refractivity contribution in [2.75, 3.05) is 6.54 Å². The Kier molecular flexibility index (Phi) is 4.37. The molecular formula is C9H10BrF4NO. The molecular weight excluding hydrogens is 294 g/mol. The van der Waals surface area contributed by atoms with Gasteiger partial charge in [0.2, 0.25) is 0 Å². The second kappa shape index (κ2) is 5.18. The maximum atomic E-state index is 13.2. The zero-order chi connectivity index (χ0) is 12.3. The maximum Gasteiger partial charge on any atom is 0.329 e. The first-order valence-electron chi connectivity index (χ1n) is 4.54. The smallest absolute Gasteiger partial charge is 0.329 e. The van der Waals surface area contributed by atoms with E-state index >= 15 is 0 Å². The van der Waals surface area contributed by atoms with E-state index in [-0.39, 0.29) is 17.0 Å². The summed E-state index contributed by atoms with van der Waals surface area (Å²) in [6.07, 6.45) is -3.75. The predicted molar refractivity (Wildman–Crippen MR) is 53.8 cm³/mol. The van der Waals surface area contributed by atoms with E-state index in [2.05, 4.69) is 21.2 Å². The first-order valence-corrected chi connectivity index (χ1v) is 5.33. The van der Waals surface area contributed by atoms with Crippen LogP contribution in [0.4, 0.5) is 17.6 Å². The molecule has 0 fully saturated rings. The molecule has 0 saturated carbocycles. The summed E-state index contributed by atoms with van der Waals surface area (Å²) in [7, 11) is 0. The minimum Gasteiger partial charge on any atom is -0.452 e. The standard InChI is InChI=1S/C9H10BrF4NO/c1-2-15-7(9(13,14)8(11)12)5-3-4-6(10)16-5/h3-4,7-8,15H,2H2,1H3. The fourth-order valence-corrected chi connectivity index (χ4v) is 1.56. The summed E-state index contributed by atoms with van der Waals surface area (Å²) in [5.74, 6) is -4.40. The van der Waals surface area contributed by atoms with Gasteiger partial charge in [-0.2, -0.15) is 8.78 Å². The first kappa shape index (κ1) is 13.5. The number of nitrogens with one attached hydrogen (secondary N) is 1. The molecule has 1 aromatic rings. The predicted octanol–water partition coefficient (Wildman–Crippen LogP) is 3.59. The molecule has 0 aromatic carbocycles. The highest BCUT2D eigenvalue weighted by molar-refractivity contribution is 9.10. The maximum absolute atomic E-state index is 13.2. The van der Waals surface area contributed by atoms with Gasteiger partial charge in [-0.3, -0.25) is 0 Å². The molecule has 1 unspecified atom stereocenters. The third-order valence-electron chi connectivity index (χ3n) is 1.96. The Bertz CT molecular complexity index is 342. The Hall–Kier alpha value is -0.560. The number of halogens is 5. The molecule has 2 nitrogen and oxygen atoms in total. The van der Waals surface area contributed by atoms with Crippen molar-refractivity contribution in [2.24, 2.45) is 0 Å². The summed E-state index contributed by atoms with van der Waals surface area (Å²) in [5.41, 5.74) is 0. The van der Waals surface area contributed by atoms with Crippen molar-refractivity contribution < 1.29 is 22.0 Å². The normalized spacial score (nSPS) is 14.4. The lowest BCUT2D eigenvalue weighted by atomic mass is 10.1. The van der Waals surface area contributed by atoms with Crippen LogP contribution in [0.3, 0.4) is 0 Å². The molecule has 0 radical (unpaired) electrons. The van der Waals surface area contributed by atoms with Crippen molar-refractivity contribution >= 4 is 15.9 Å². The van der Waals surface area contributed by atoms with Crippen LogP contribution in [0.25, 0.3) is 0 Å². The molecule has 1 rings (SSSR count). The summed E-state index contributed by atoms with van der Waals surface area (Å²) >= 11 is 2.93. The molecule has 1 atom stereocenters. The van der Waals surface area contributed by atoms with Crippen molar-refractivity contribution in [3.8, 4) is 0 Å². The second-order valence-corrected chi connectivity index (χ2v) is 3.89. The quantitative estimate of drug-likeness (QED) is 0.841. The molecule has 1 aromatic heterocycles. The Labute approximate surface area is 98.1 Å². The Balaban J connectivity index is 2.99. The lowest BCUT2D eigenvalue weighted by molar-refractivity contribution is -0.154. The minimum absolute atomic E-state index is 0.130. The van der Waals surface area contributed by atoms with Gasteiger partial charge in [0.15, 0.2) is 4.67 Å². The minimum atomic E-state index is -4.17. The van der Waals surface area contributed by atoms with Gasteiger partial charge in [0.25, 0.3) is 0 Å². The van der Waals surface area contributed by atoms with Crippen LogP contribution in [0, 0.1) is 0 Å². The van der Waals surface area contributed by atoms with Crippen LogP contribution >= 0.6 is 15.9 Å². The number of hydrogen-bond acceptors (Lipinski definition) is 2. The van der Waals surface area contributed by atoms with E-state index in [0.29, 0.717) is 0 Å². The van der Waals surface area contributed by atoms with Gasteiger partial charge in [-0.05, 0) is 34.6 Å². The highest BCUT2D eigenvalue weighted by atomic mass is 79.9. The van der Waals surface area contributed by atoms with Crippen LogP contribution in [0.15, 0.2) is 21.2 Å². The first-order chi connectivity index (χ1) is 7.39. The van der Waals surface area contributed by atoms with Crippen molar-refractivity contribution in [3.63, 3.8) is 0 Å². The van der Waals surface area contributed by atoms with Crippen LogP contribution in [-0.4, -0.2) is 18.9 Å². The highest BCUT2D eigenvalue weighted by Gasteiger charge is 2.50. The van der Waals surface area contributed by atoms with E-state index in [4.69, 9.17) is 4.42 Å². The van der Waals surface area contributed by atoms with Gasteiger partial charge < -0.3 is 9.73 Å². The zero-order valence-corrected chi connectivity index (χ0v) is 9.90. The van der Waals surface area contributed by atoms with Gasteiger partial charge in [-0.15, -0.1) is 0 Å². The van der Waals surface area contributed by atoms with Crippen molar-refractivity contribution in [3.05, 3.63) is 22.6 Å². The third kappa shape index (κ3) is 2.76. The topological polar surface area (TPSA) is 25.2 Å². The van der Waals surface area contributed by atoms with E-state index in [1.807, 2.05) is 0 Å². The van der Waals surface area contributed by atoms with Crippen LogP contribution < -0.4 is 5.32 Å². The summed E-state index contributed by atoms with van der Waals surface area (Å²) in [6, 6.07) is 0.776. The Morgan fingerprint density at radius 2 is 2.06 bits per heavy atom. The highest BCUT2D eigenvalue weighted by Crippen LogP contribution is 2.37. The van der Waals surface area contributed by atoms with E-state index in [0.717, 1.165) is 0 Å². The molecule has 16 heavy (non-hydrogen) atoms. The lowest BCUT2D eigenvalue weighted by Crippen LogP contribution is -2.42. The number of rotatable bonds is 5. The summed E-state index contributed by atoms with van der Waals surface area (Å²) in [6.45, 7) is 1.68. The number of hydrogen-bond donors (Lipinski definition) is 1. The average molecular weight is 304 g/mol. The second-order valence-electron chi connectivity index (χ2n) is 3.11. The summed E-state index contributed by atoms with van der Waals surface area (Å²) in [5, 5.41) is 2.29. The Morgan fingerprint density at radius 1 is 1.44 bits per heavy atom. The Morgan fingerprint density at radius 3 is 2.44 bits per heavy atom. The SMILES string of the molecule is CCNC(c1ccc(Br)o1)C(F)(F)C(F)F. The fourth-order valence-electron chi connectivity index (χ4n) is 1.24. The molecule has 7 heteroatoms. The van der Waals surface area contributed by atoms with E-state index in [1.54, 1.807) is 6.92 Å². The molecule has 0 spiro atoms. The summed E-state index contributed by atoms with van der Waals surface area (Å²) in [4.78, 5) is 0. The molecule has 0 aliphatic carbocycles. The molecule has 1 N–H and O–H groups in total. The average Bonchev–Trinajstić information content (AvgIpc) is 2.60. The van der Waals surface area contributed by atoms with Crippen molar-refractivity contribution in [1.82, 2.24) is 5.32 Å². The lowest BCUT2D eigenvalue weighted by Gasteiger charge is -2.25. The van der Waals surface area contributed by atoms with E-state index in [1.165, 1.54) is 12.1 Å². The van der Waals surface area contributed by atoms with Crippen molar-refractivity contribution in [1.29, 1.82) is 0 Å². The molecule has 92 valence electrons. The summed E-state index contributed by atoms with van der Waals surface area (Å²) < 4.78 is 56.0. The molecule has 0 aliphatic rings. The molecule has 0 aliphatic heterocycles. The van der Waals surface area contributed by atoms with Crippen LogP contribution in [0.5, 0.6) is 0 Å². The van der Waals surface area contributed by atoms with Crippen molar-refractivity contribution in [2.45, 2.75) is 25.3 Å². The van der Waals surface area contributed by atoms with Crippen LogP contribution in [-0.2, 0) is 0 Å². The van der Waals surface area contributed by atoms with E-state index in [9.17, 15) is 17.6 Å². The third-order valence-corrected chi connectivity index (χ3v) is 2.39. The largest absolute Gasteiger partial charge is 0.452 e. The van der Waals surface area contributed by atoms with E-state index < -0.39 is 18.4 Å². The van der Waals surface area contributed by atoms with Gasteiger partial charge in [-0.25, -0.2) is 8.78 Å². The van der Waals surface area contributed by atoms with Gasteiger partial charge in [0, 0.05) is 0 Å². The van der Waals surface area contributed by atoms with Gasteiger partial charge in [-0.1, -0.05) is 6.92 Å². The van der Waals surface area contributed by atoms with Crippen LogP contribution in [0.1, 0.15) is 18.7 Å². The monoisotopic (exact) mass is 303 g/mol. The fraction of sp³-hybridized carbons (Fsp3) is 0.556. The van der Waals surface area contributed by atoms with Crippen LogP contribution in [0.2, 0.25) is 0 Å².